The molecule has 0 aliphatic heterocycles. The van der Waals surface area contributed by atoms with E-state index in [0.717, 1.165) is 23.3 Å². The van der Waals surface area contributed by atoms with Gasteiger partial charge in [0.15, 0.2) is 0 Å². The van der Waals surface area contributed by atoms with Gasteiger partial charge in [-0.05, 0) is 24.1 Å². The summed E-state index contributed by atoms with van der Waals surface area (Å²) in [4.78, 5) is 9.36. The van der Waals surface area contributed by atoms with Crippen LogP contribution in [0.4, 0.5) is 0 Å². The Morgan fingerprint density at radius 2 is 2.06 bits per heavy atom. The molecule has 1 aromatic heterocycles. The van der Waals surface area contributed by atoms with Crippen LogP contribution >= 0.6 is 0 Å². The molecular formula is C14H21N3O. The Balaban J connectivity index is 2.45. The molecule has 0 aliphatic rings. The molecular weight excluding hydrogens is 226 g/mol. The van der Waals surface area contributed by atoms with Crippen LogP contribution in [0.5, 0.6) is 0 Å². The molecule has 98 valence electrons. The summed E-state index contributed by atoms with van der Waals surface area (Å²) in [7, 11) is 2.07. The maximum atomic E-state index is 5.05. The van der Waals surface area contributed by atoms with Crippen LogP contribution in [-0.2, 0) is 23.7 Å². The largest absolute Gasteiger partial charge is 0.331 e. The second-order valence-corrected chi connectivity index (χ2v) is 5.69. The normalized spacial score (nSPS) is 12.3. The lowest BCUT2D eigenvalue weighted by Gasteiger charge is -2.17. The van der Waals surface area contributed by atoms with E-state index in [2.05, 4.69) is 55.4 Å². The van der Waals surface area contributed by atoms with Crippen molar-refractivity contribution in [3.8, 4) is 0 Å². The van der Waals surface area contributed by atoms with E-state index >= 15 is 0 Å². The first-order valence-corrected chi connectivity index (χ1v) is 6.21. The van der Waals surface area contributed by atoms with Gasteiger partial charge in [-0.15, -0.1) is 0 Å². The minimum absolute atomic E-state index is 0.0499. The van der Waals surface area contributed by atoms with Gasteiger partial charge in [-0.3, -0.25) is 0 Å². The zero-order valence-electron chi connectivity index (χ0n) is 11.5. The second kappa shape index (κ2) is 4.71. The number of imidazole rings is 1. The monoisotopic (exact) mass is 247 g/mol. The Morgan fingerprint density at radius 3 is 2.67 bits per heavy atom. The number of benzene rings is 1. The van der Waals surface area contributed by atoms with E-state index in [0.29, 0.717) is 6.61 Å². The van der Waals surface area contributed by atoms with Crippen molar-refractivity contribution in [1.29, 1.82) is 0 Å². The number of aryl methyl sites for hydroxylation is 1. The van der Waals surface area contributed by atoms with Gasteiger partial charge in [0.1, 0.15) is 5.82 Å². The van der Waals surface area contributed by atoms with Crippen molar-refractivity contribution >= 4 is 11.0 Å². The van der Waals surface area contributed by atoms with Crippen molar-refractivity contribution in [2.45, 2.75) is 32.6 Å². The van der Waals surface area contributed by atoms with Crippen LogP contribution in [0.1, 0.15) is 32.2 Å². The summed E-state index contributed by atoms with van der Waals surface area (Å²) in [6.45, 7) is 7.07. The SMILES string of the molecule is Cn1c(C(C)(C)C)nc2cc(CCON)ccc21. The quantitative estimate of drug-likeness (QED) is 0.847. The molecule has 0 atom stereocenters. The van der Waals surface area contributed by atoms with E-state index in [-0.39, 0.29) is 5.41 Å². The highest BCUT2D eigenvalue weighted by Gasteiger charge is 2.21. The second-order valence-electron chi connectivity index (χ2n) is 5.69. The highest BCUT2D eigenvalue weighted by atomic mass is 16.6. The Labute approximate surface area is 108 Å². The predicted molar refractivity (Wildman–Crippen MR) is 73.3 cm³/mol. The van der Waals surface area contributed by atoms with Crippen LogP contribution in [0.2, 0.25) is 0 Å². The topological polar surface area (TPSA) is 53.1 Å². The summed E-state index contributed by atoms with van der Waals surface area (Å²) in [5.74, 6) is 6.16. The molecule has 4 nitrogen and oxygen atoms in total. The fourth-order valence-corrected chi connectivity index (χ4v) is 2.25. The molecule has 18 heavy (non-hydrogen) atoms. The van der Waals surface area contributed by atoms with Crippen molar-refractivity contribution in [2.24, 2.45) is 12.9 Å². The van der Waals surface area contributed by atoms with Gasteiger partial charge in [0.2, 0.25) is 0 Å². The number of nitrogens with zero attached hydrogens (tertiary/aromatic N) is 2. The Morgan fingerprint density at radius 1 is 1.33 bits per heavy atom. The fraction of sp³-hybridized carbons (Fsp3) is 0.500. The van der Waals surface area contributed by atoms with E-state index in [1.807, 2.05) is 0 Å². The van der Waals surface area contributed by atoms with Crippen molar-refractivity contribution in [2.75, 3.05) is 6.61 Å². The molecule has 0 saturated carbocycles. The van der Waals surface area contributed by atoms with E-state index < -0.39 is 0 Å². The van der Waals surface area contributed by atoms with Crippen molar-refractivity contribution in [3.63, 3.8) is 0 Å². The fourth-order valence-electron chi connectivity index (χ4n) is 2.25. The number of hydrogen-bond acceptors (Lipinski definition) is 3. The molecule has 1 heterocycles. The minimum atomic E-state index is 0.0499. The lowest BCUT2D eigenvalue weighted by Crippen LogP contribution is -2.17. The van der Waals surface area contributed by atoms with Crippen LogP contribution in [-0.4, -0.2) is 16.2 Å². The number of rotatable bonds is 3. The molecule has 2 N–H and O–H groups in total. The van der Waals surface area contributed by atoms with Gasteiger partial charge in [0.05, 0.1) is 17.6 Å². The van der Waals surface area contributed by atoms with Gasteiger partial charge in [0.25, 0.3) is 0 Å². The van der Waals surface area contributed by atoms with Crippen molar-refractivity contribution in [1.82, 2.24) is 9.55 Å². The van der Waals surface area contributed by atoms with Crippen LogP contribution < -0.4 is 5.90 Å². The Bertz CT molecular complexity index is 552. The van der Waals surface area contributed by atoms with Crippen LogP contribution in [0.15, 0.2) is 18.2 Å². The number of fused-ring (bicyclic) bond motifs is 1. The van der Waals surface area contributed by atoms with Gasteiger partial charge in [-0.25, -0.2) is 10.9 Å². The summed E-state index contributed by atoms with van der Waals surface area (Å²) >= 11 is 0. The maximum absolute atomic E-state index is 5.05. The predicted octanol–water partition coefficient (Wildman–Crippen LogP) is 2.30. The molecule has 0 radical (unpaired) electrons. The first-order valence-electron chi connectivity index (χ1n) is 6.21. The average Bonchev–Trinajstić information content (AvgIpc) is 2.63. The molecule has 0 spiro atoms. The minimum Gasteiger partial charge on any atom is -0.331 e. The maximum Gasteiger partial charge on any atom is 0.115 e. The third kappa shape index (κ3) is 2.40. The molecule has 0 saturated heterocycles. The Kier molecular flexibility index (Phi) is 3.41. The molecule has 2 aromatic rings. The van der Waals surface area contributed by atoms with Crippen LogP contribution in [0, 0.1) is 0 Å². The first kappa shape index (κ1) is 13.1. The number of aromatic nitrogens is 2. The summed E-state index contributed by atoms with van der Waals surface area (Å²) in [6.07, 6.45) is 0.813. The highest BCUT2D eigenvalue weighted by Crippen LogP contribution is 2.25. The summed E-state index contributed by atoms with van der Waals surface area (Å²) in [5, 5.41) is 0. The summed E-state index contributed by atoms with van der Waals surface area (Å²) < 4.78 is 2.17. The average molecular weight is 247 g/mol. The van der Waals surface area contributed by atoms with E-state index in [4.69, 9.17) is 10.9 Å². The highest BCUT2D eigenvalue weighted by molar-refractivity contribution is 5.77. The molecule has 2 rings (SSSR count). The molecule has 0 bridgehead atoms. The van der Waals surface area contributed by atoms with Gasteiger partial charge >= 0.3 is 0 Å². The number of nitrogens with two attached hydrogens (primary N) is 1. The summed E-state index contributed by atoms with van der Waals surface area (Å²) in [6, 6.07) is 6.34. The van der Waals surface area contributed by atoms with Gasteiger partial charge in [-0.1, -0.05) is 26.8 Å². The lowest BCUT2D eigenvalue weighted by molar-refractivity contribution is 0.141. The smallest absolute Gasteiger partial charge is 0.115 e. The van der Waals surface area contributed by atoms with Crippen LogP contribution in [0.3, 0.4) is 0 Å². The van der Waals surface area contributed by atoms with E-state index in [1.54, 1.807) is 0 Å². The van der Waals surface area contributed by atoms with Gasteiger partial charge in [0, 0.05) is 12.5 Å². The molecule has 0 unspecified atom stereocenters. The van der Waals surface area contributed by atoms with E-state index in [9.17, 15) is 0 Å². The molecule has 1 aromatic carbocycles. The first-order chi connectivity index (χ1) is 8.43. The Hall–Kier alpha value is -1.39. The zero-order valence-corrected chi connectivity index (χ0v) is 11.5. The molecule has 0 fully saturated rings. The van der Waals surface area contributed by atoms with Crippen LogP contribution in [0.25, 0.3) is 11.0 Å². The molecule has 4 heteroatoms. The van der Waals surface area contributed by atoms with Crippen molar-refractivity contribution in [3.05, 3.63) is 29.6 Å². The zero-order chi connectivity index (χ0) is 13.3. The third-order valence-corrected chi connectivity index (χ3v) is 3.12. The third-order valence-electron chi connectivity index (χ3n) is 3.12. The van der Waals surface area contributed by atoms with Gasteiger partial charge in [-0.2, -0.15) is 0 Å². The molecule has 0 amide bonds. The van der Waals surface area contributed by atoms with Crippen molar-refractivity contribution < 1.29 is 4.84 Å². The summed E-state index contributed by atoms with van der Waals surface area (Å²) in [5.41, 5.74) is 3.45. The standard InChI is InChI=1S/C14H21N3O/c1-14(2,3)13-16-11-9-10(7-8-18-15)5-6-12(11)17(13)4/h5-6,9H,7-8,15H2,1-4H3. The number of hydrogen-bond donors (Lipinski definition) is 1. The van der Waals surface area contributed by atoms with Gasteiger partial charge < -0.3 is 9.40 Å². The molecule has 0 aliphatic carbocycles. The lowest BCUT2D eigenvalue weighted by atomic mass is 9.96. The van der Waals surface area contributed by atoms with E-state index in [1.165, 1.54) is 5.56 Å².